The van der Waals surface area contributed by atoms with E-state index in [-0.39, 0.29) is 18.1 Å². The molecule has 0 aliphatic heterocycles. The molecule has 24 heavy (non-hydrogen) atoms. The molecule has 5 nitrogen and oxygen atoms in total. The van der Waals surface area contributed by atoms with Crippen molar-refractivity contribution in [2.75, 3.05) is 14.2 Å². The third-order valence-corrected chi connectivity index (χ3v) is 3.89. The molecule has 6 heteroatoms. The van der Waals surface area contributed by atoms with Gasteiger partial charge in [0.2, 0.25) is 5.91 Å². The van der Waals surface area contributed by atoms with Crippen molar-refractivity contribution in [2.45, 2.75) is 19.9 Å². The van der Waals surface area contributed by atoms with Crippen LogP contribution in [-0.2, 0) is 17.8 Å². The Morgan fingerprint density at radius 1 is 1.25 bits per heavy atom. The fourth-order valence-electron chi connectivity index (χ4n) is 2.30. The Kier molecular flexibility index (Phi) is 5.93. The van der Waals surface area contributed by atoms with Gasteiger partial charge in [0.25, 0.3) is 0 Å². The lowest BCUT2D eigenvalue weighted by Gasteiger charge is -2.18. The van der Waals surface area contributed by atoms with Gasteiger partial charge in [0, 0.05) is 30.9 Å². The maximum absolute atomic E-state index is 12.5. The van der Waals surface area contributed by atoms with Crippen molar-refractivity contribution in [3.05, 3.63) is 58.4 Å². The molecule has 0 fully saturated rings. The van der Waals surface area contributed by atoms with Gasteiger partial charge in [0.1, 0.15) is 10.9 Å². The molecule has 0 unspecified atom stereocenters. The average molecular weight is 347 g/mol. The predicted octanol–water partition coefficient (Wildman–Crippen LogP) is 3.15. The summed E-state index contributed by atoms with van der Waals surface area (Å²) in [4.78, 5) is 29.6. The minimum atomic E-state index is -0.0797. The molecule has 0 bridgehead atoms. The molecule has 1 aromatic carbocycles. The molecule has 0 aliphatic carbocycles. The minimum Gasteiger partial charge on any atom is -0.496 e. The summed E-state index contributed by atoms with van der Waals surface area (Å²) in [7, 11) is 3.26. The highest BCUT2D eigenvalue weighted by molar-refractivity contribution is 6.29. The number of methoxy groups -OCH3 is 1. The number of aromatic nitrogens is 1. The number of ether oxygens (including phenoxy) is 1. The van der Waals surface area contributed by atoms with E-state index in [1.165, 1.54) is 6.92 Å². The van der Waals surface area contributed by atoms with Crippen molar-refractivity contribution >= 4 is 23.3 Å². The van der Waals surface area contributed by atoms with Crippen LogP contribution in [0.25, 0.3) is 0 Å². The normalized spacial score (nSPS) is 10.3. The molecule has 0 aliphatic rings. The van der Waals surface area contributed by atoms with E-state index in [9.17, 15) is 9.59 Å². The van der Waals surface area contributed by atoms with Crippen LogP contribution in [0.5, 0.6) is 5.75 Å². The highest BCUT2D eigenvalue weighted by Gasteiger charge is 2.15. The highest BCUT2D eigenvalue weighted by atomic mass is 35.5. The van der Waals surface area contributed by atoms with Crippen LogP contribution in [-0.4, -0.2) is 35.7 Å². The SMILES string of the molecule is COc1ccc(C(C)=O)cc1CC(=O)N(C)Cc1ccc(Cl)nc1. The molecule has 126 valence electrons. The number of nitrogens with zero attached hydrogens (tertiary/aromatic N) is 2. The molecule has 1 amide bonds. The standard InChI is InChI=1S/C18H19ClN2O3/c1-12(22)14-5-6-16(24-3)15(8-14)9-18(23)21(2)11-13-4-7-17(19)20-10-13/h4-8,10H,9,11H2,1-3H3. The van der Waals surface area contributed by atoms with Crippen LogP contribution in [0.3, 0.4) is 0 Å². The van der Waals surface area contributed by atoms with Gasteiger partial charge in [-0.05, 0) is 36.8 Å². The number of carbonyl (C=O) groups is 2. The average Bonchev–Trinajstić information content (AvgIpc) is 2.56. The van der Waals surface area contributed by atoms with Crippen molar-refractivity contribution in [2.24, 2.45) is 0 Å². The fourth-order valence-corrected chi connectivity index (χ4v) is 2.41. The van der Waals surface area contributed by atoms with Crippen molar-refractivity contribution in [1.82, 2.24) is 9.88 Å². The number of Topliss-reactive ketones (excluding diaryl/α,β-unsaturated/α-hetero) is 1. The van der Waals surface area contributed by atoms with Crippen LogP contribution in [0.15, 0.2) is 36.5 Å². The summed E-state index contributed by atoms with van der Waals surface area (Å²) in [5.41, 5.74) is 2.14. The van der Waals surface area contributed by atoms with E-state index in [0.29, 0.717) is 28.6 Å². The van der Waals surface area contributed by atoms with E-state index < -0.39 is 0 Å². The van der Waals surface area contributed by atoms with Gasteiger partial charge in [-0.2, -0.15) is 0 Å². The van der Waals surface area contributed by atoms with E-state index >= 15 is 0 Å². The summed E-state index contributed by atoms with van der Waals surface area (Å²) in [6.07, 6.45) is 1.80. The highest BCUT2D eigenvalue weighted by Crippen LogP contribution is 2.21. The molecular formula is C18H19ClN2O3. The van der Waals surface area contributed by atoms with Gasteiger partial charge < -0.3 is 9.64 Å². The van der Waals surface area contributed by atoms with E-state index in [1.54, 1.807) is 49.5 Å². The van der Waals surface area contributed by atoms with Crippen LogP contribution < -0.4 is 4.74 Å². The van der Waals surface area contributed by atoms with Gasteiger partial charge in [-0.25, -0.2) is 4.98 Å². The minimum absolute atomic E-state index is 0.0491. The number of ketones is 1. The van der Waals surface area contributed by atoms with Crippen molar-refractivity contribution < 1.29 is 14.3 Å². The van der Waals surface area contributed by atoms with Crippen LogP contribution in [0.1, 0.15) is 28.4 Å². The van der Waals surface area contributed by atoms with Crippen LogP contribution in [0, 0.1) is 0 Å². The molecule has 0 saturated heterocycles. The molecular weight excluding hydrogens is 328 g/mol. The lowest BCUT2D eigenvalue weighted by molar-refractivity contribution is -0.129. The largest absolute Gasteiger partial charge is 0.496 e. The van der Waals surface area contributed by atoms with Crippen molar-refractivity contribution in [1.29, 1.82) is 0 Å². The summed E-state index contributed by atoms with van der Waals surface area (Å²) >= 11 is 5.76. The second-order valence-electron chi connectivity index (χ2n) is 5.50. The van der Waals surface area contributed by atoms with Gasteiger partial charge in [-0.15, -0.1) is 0 Å². The first kappa shape index (κ1) is 17.9. The first-order valence-electron chi connectivity index (χ1n) is 7.43. The molecule has 1 aromatic heterocycles. The number of likely N-dealkylation sites (N-methyl/N-ethyl adjacent to an activating group) is 1. The van der Waals surface area contributed by atoms with Gasteiger partial charge in [-0.1, -0.05) is 17.7 Å². The number of hydrogen-bond donors (Lipinski definition) is 0. The molecule has 0 N–H and O–H groups in total. The van der Waals surface area contributed by atoms with E-state index in [4.69, 9.17) is 16.3 Å². The quantitative estimate of drug-likeness (QED) is 0.595. The summed E-state index contributed by atoms with van der Waals surface area (Å²) < 4.78 is 5.29. The second kappa shape index (κ2) is 7.93. The smallest absolute Gasteiger partial charge is 0.227 e. The summed E-state index contributed by atoms with van der Waals surface area (Å²) in [5.74, 6) is 0.464. The zero-order valence-electron chi connectivity index (χ0n) is 13.9. The van der Waals surface area contributed by atoms with Crippen LogP contribution in [0.2, 0.25) is 5.15 Å². The topological polar surface area (TPSA) is 59.5 Å². The van der Waals surface area contributed by atoms with Gasteiger partial charge >= 0.3 is 0 Å². The maximum atomic E-state index is 12.5. The van der Waals surface area contributed by atoms with Crippen molar-refractivity contribution in [3.8, 4) is 5.75 Å². The summed E-state index contributed by atoms with van der Waals surface area (Å²) in [6, 6.07) is 8.63. The molecule has 0 saturated carbocycles. The van der Waals surface area contributed by atoms with Gasteiger partial charge in [0.15, 0.2) is 5.78 Å². The summed E-state index contributed by atoms with van der Waals surface area (Å²) in [5, 5.41) is 0.415. The van der Waals surface area contributed by atoms with Crippen molar-refractivity contribution in [3.63, 3.8) is 0 Å². The Labute approximate surface area is 146 Å². The second-order valence-corrected chi connectivity index (χ2v) is 5.89. The Morgan fingerprint density at radius 2 is 2.00 bits per heavy atom. The molecule has 0 radical (unpaired) electrons. The van der Waals surface area contributed by atoms with Gasteiger partial charge in [0.05, 0.1) is 13.5 Å². The zero-order valence-corrected chi connectivity index (χ0v) is 14.6. The number of benzene rings is 1. The molecule has 1 heterocycles. The van der Waals surface area contributed by atoms with Gasteiger partial charge in [-0.3, -0.25) is 9.59 Å². The number of carbonyl (C=O) groups excluding carboxylic acids is 2. The molecule has 2 rings (SSSR count). The third kappa shape index (κ3) is 4.55. The number of halogens is 1. The number of pyridine rings is 1. The van der Waals surface area contributed by atoms with Crippen LogP contribution >= 0.6 is 11.6 Å². The zero-order chi connectivity index (χ0) is 17.7. The Bertz CT molecular complexity index is 744. The first-order valence-corrected chi connectivity index (χ1v) is 7.80. The Hall–Kier alpha value is -2.40. The first-order chi connectivity index (χ1) is 11.4. The summed E-state index contributed by atoms with van der Waals surface area (Å²) in [6.45, 7) is 1.92. The monoisotopic (exact) mass is 346 g/mol. The number of rotatable bonds is 6. The fraction of sp³-hybridized carbons (Fsp3) is 0.278. The van der Waals surface area contributed by atoms with E-state index in [2.05, 4.69) is 4.98 Å². The number of amides is 1. The Morgan fingerprint density at radius 3 is 2.58 bits per heavy atom. The maximum Gasteiger partial charge on any atom is 0.227 e. The van der Waals surface area contributed by atoms with E-state index in [0.717, 1.165) is 5.56 Å². The third-order valence-electron chi connectivity index (χ3n) is 3.66. The number of hydrogen-bond acceptors (Lipinski definition) is 4. The van der Waals surface area contributed by atoms with E-state index in [1.807, 2.05) is 6.07 Å². The Balaban J connectivity index is 2.11. The molecule has 0 spiro atoms. The lowest BCUT2D eigenvalue weighted by Crippen LogP contribution is -2.28. The lowest BCUT2D eigenvalue weighted by atomic mass is 10.0. The predicted molar refractivity (Wildman–Crippen MR) is 92.4 cm³/mol. The molecule has 0 atom stereocenters. The van der Waals surface area contributed by atoms with Crippen LogP contribution in [0.4, 0.5) is 0 Å². The molecule has 2 aromatic rings.